The van der Waals surface area contributed by atoms with Gasteiger partial charge in [-0.25, -0.2) is 9.59 Å². The molecule has 10 nitrogen and oxygen atoms in total. The molecule has 0 aromatic carbocycles. The van der Waals surface area contributed by atoms with Crippen molar-refractivity contribution in [2.24, 2.45) is 0 Å². The molecule has 1 aliphatic heterocycles. The summed E-state index contributed by atoms with van der Waals surface area (Å²) in [5.74, 6) is -2.78. The molecular formula is C24H42N2O8. The van der Waals surface area contributed by atoms with Crippen molar-refractivity contribution < 1.29 is 38.9 Å². The van der Waals surface area contributed by atoms with Crippen molar-refractivity contribution in [3.05, 3.63) is 0 Å². The third kappa shape index (κ3) is 11.8. The van der Waals surface area contributed by atoms with E-state index in [1.165, 1.54) is 0 Å². The predicted octanol–water partition coefficient (Wildman–Crippen LogP) is 1.50. The van der Waals surface area contributed by atoms with Crippen LogP contribution in [0.2, 0.25) is 0 Å². The summed E-state index contributed by atoms with van der Waals surface area (Å²) >= 11 is 0. The fraction of sp³-hybridized carbons (Fsp3) is 0.833. The molecule has 4 atom stereocenters. The lowest BCUT2D eigenvalue weighted by atomic mass is 10.0. The first-order valence-corrected chi connectivity index (χ1v) is 12.6. The molecule has 0 radical (unpaired) electrons. The van der Waals surface area contributed by atoms with Crippen LogP contribution in [0.15, 0.2) is 0 Å². The van der Waals surface area contributed by atoms with E-state index in [2.05, 4.69) is 17.6 Å². The van der Waals surface area contributed by atoms with Gasteiger partial charge in [-0.15, -0.1) is 0 Å². The highest BCUT2D eigenvalue weighted by Gasteiger charge is 2.31. The molecule has 0 bridgehead atoms. The fourth-order valence-corrected chi connectivity index (χ4v) is 3.77. The molecule has 1 rings (SSSR count). The topological polar surface area (TPSA) is 151 Å². The number of unbranched alkanes of at least 4 members (excludes halogenated alkanes) is 6. The van der Waals surface area contributed by atoms with E-state index in [-0.39, 0.29) is 12.8 Å². The van der Waals surface area contributed by atoms with Crippen molar-refractivity contribution in [2.75, 3.05) is 13.2 Å². The Hall–Kier alpha value is -2.20. The number of nitrogens with one attached hydrogen (secondary N) is 2. The van der Waals surface area contributed by atoms with Crippen LogP contribution in [0.4, 0.5) is 0 Å². The predicted molar refractivity (Wildman–Crippen MR) is 125 cm³/mol. The van der Waals surface area contributed by atoms with Gasteiger partial charge >= 0.3 is 11.9 Å². The minimum atomic E-state index is -1.28. The maximum Gasteiger partial charge on any atom is 0.331 e. The molecule has 0 spiro atoms. The van der Waals surface area contributed by atoms with Crippen molar-refractivity contribution in [1.29, 1.82) is 0 Å². The number of aliphatic hydroxyl groups excluding tert-OH is 2. The summed E-state index contributed by atoms with van der Waals surface area (Å²) in [6.45, 7) is 2.79. The van der Waals surface area contributed by atoms with Gasteiger partial charge in [0.2, 0.25) is 11.8 Å². The Morgan fingerprint density at radius 1 is 0.676 bits per heavy atom. The molecule has 0 aromatic heterocycles. The summed E-state index contributed by atoms with van der Waals surface area (Å²) in [5.41, 5.74) is 0. The second-order valence-electron chi connectivity index (χ2n) is 8.83. The molecule has 0 aromatic rings. The summed E-state index contributed by atoms with van der Waals surface area (Å²) in [4.78, 5) is 50.3. The molecule has 1 fully saturated rings. The number of hydrogen-bond donors (Lipinski definition) is 4. The minimum Gasteiger partial charge on any atom is -0.460 e. The van der Waals surface area contributed by atoms with Crippen molar-refractivity contribution in [3.63, 3.8) is 0 Å². The average Bonchev–Trinajstić information content (AvgIpc) is 2.80. The first-order valence-electron chi connectivity index (χ1n) is 12.6. The van der Waals surface area contributed by atoms with E-state index < -0.39 is 61.3 Å². The molecule has 4 N–H and O–H groups in total. The van der Waals surface area contributed by atoms with Crippen LogP contribution in [-0.4, -0.2) is 71.5 Å². The molecule has 0 unspecified atom stereocenters. The lowest BCUT2D eigenvalue weighted by molar-refractivity contribution is -0.160. The van der Waals surface area contributed by atoms with E-state index in [4.69, 9.17) is 9.47 Å². The van der Waals surface area contributed by atoms with Crippen LogP contribution < -0.4 is 10.6 Å². The van der Waals surface area contributed by atoms with Crippen LogP contribution >= 0.6 is 0 Å². The molecule has 2 amide bonds. The zero-order valence-corrected chi connectivity index (χ0v) is 20.6. The van der Waals surface area contributed by atoms with Crippen LogP contribution in [0.3, 0.4) is 0 Å². The summed E-state index contributed by atoms with van der Waals surface area (Å²) in [5, 5.41) is 24.2. The largest absolute Gasteiger partial charge is 0.460 e. The molecule has 1 aliphatic rings. The van der Waals surface area contributed by atoms with Crippen LogP contribution in [0, 0.1) is 0 Å². The van der Waals surface area contributed by atoms with Gasteiger partial charge in [-0.2, -0.15) is 0 Å². The summed E-state index contributed by atoms with van der Waals surface area (Å²) in [6, 6.07) is -2.56. The zero-order valence-electron chi connectivity index (χ0n) is 20.6. The molecule has 196 valence electrons. The Labute approximate surface area is 202 Å². The smallest absolute Gasteiger partial charge is 0.331 e. The Morgan fingerprint density at radius 2 is 1.06 bits per heavy atom. The molecule has 0 saturated carbocycles. The van der Waals surface area contributed by atoms with Crippen molar-refractivity contribution in [3.8, 4) is 0 Å². The first-order chi connectivity index (χ1) is 16.3. The van der Waals surface area contributed by atoms with Gasteiger partial charge < -0.3 is 30.3 Å². The van der Waals surface area contributed by atoms with Gasteiger partial charge in [-0.3, -0.25) is 9.59 Å². The van der Waals surface area contributed by atoms with E-state index in [0.717, 1.165) is 44.9 Å². The number of carbonyl (C=O) groups excluding carboxylic acids is 4. The lowest BCUT2D eigenvalue weighted by Crippen LogP contribution is -2.49. The van der Waals surface area contributed by atoms with Crippen molar-refractivity contribution >= 4 is 23.8 Å². The van der Waals surface area contributed by atoms with Crippen LogP contribution in [0.5, 0.6) is 0 Å². The Bertz CT molecular complexity index is 642. The van der Waals surface area contributed by atoms with Gasteiger partial charge in [-0.1, -0.05) is 52.4 Å². The monoisotopic (exact) mass is 486 g/mol. The number of cyclic esters (lactones) is 2. The zero-order chi connectivity index (χ0) is 25.3. The quantitative estimate of drug-likeness (QED) is 0.239. The highest BCUT2D eigenvalue weighted by atomic mass is 16.6. The van der Waals surface area contributed by atoms with Gasteiger partial charge in [0, 0.05) is 0 Å². The fourth-order valence-electron chi connectivity index (χ4n) is 3.77. The lowest BCUT2D eigenvalue weighted by Gasteiger charge is -2.25. The molecule has 34 heavy (non-hydrogen) atoms. The van der Waals surface area contributed by atoms with Crippen LogP contribution in [0.1, 0.15) is 90.9 Å². The van der Waals surface area contributed by atoms with Gasteiger partial charge in [0.05, 0.1) is 26.1 Å². The normalized spacial score (nSPS) is 25.1. The number of esters is 2. The molecule has 0 aliphatic carbocycles. The Kier molecular flexibility index (Phi) is 15.1. The second kappa shape index (κ2) is 17.3. The molecule has 1 saturated heterocycles. The van der Waals surface area contributed by atoms with E-state index in [9.17, 15) is 29.4 Å². The summed E-state index contributed by atoms with van der Waals surface area (Å²) < 4.78 is 10.9. The second-order valence-corrected chi connectivity index (χ2v) is 8.83. The van der Waals surface area contributed by atoms with E-state index in [0.29, 0.717) is 19.3 Å². The number of rotatable bonds is 12. The SMILES string of the molecule is CCCCCCC[C@@H]1CC(=O)N[C@@H](CO)C(=O)O[C@H](CCCCC)CC(=O)N[C@@H](CO)C(=O)O1. The maximum absolute atomic E-state index is 12.6. The van der Waals surface area contributed by atoms with Crippen molar-refractivity contribution in [2.45, 2.75) is 115 Å². The average molecular weight is 487 g/mol. The molecule has 10 heteroatoms. The summed E-state index contributed by atoms with van der Waals surface area (Å²) in [6.07, 6.45) is 6.17. The van der Waals surface area contributed by atoms with Gasteiger partial charge in [-0.05, 0) is 25.7 Å². The highest BCUT2D eigenvalue weighted by molar-refractivity contribution is 5.87. The Morgan fingerprint density at radius 3 is 1.47 bits per heavy atom. The Balaban J connectivity index is 2.99. The number of amides is 2. The highest BCUT2D eigenvalue weighted by Crippen LogP contribution is 2.16. The maximum atomic E-state index is 12.6. The van der Waals surface area contributed by atoms with Crippen LogP contribution in [0.25, 0.3) is 0 Å². The number of hydrogen-bond acceptors (Lipinski definition) is 8. The summed E-state index contributed by atoms with van der Waals surface area (Å²) in [7, 11) is 0. The van der Waals surface area contributed by atoms with Gasteiger partial charge in [0.1, 0.15) is 12.2 Å². The van der Waals surface area contributed by atoms with Crippen LogP contribution in [-0.2, 0) is 28.7 Å². The minimum absolute atomic E-state index is 0.213. The van der Waals surface area contributed by atoms with Gasteiger partial charge in [0.25, 0.3) is 0 Å². The third-order valence-electron chi connectivity index (χ3n) is 5.76. The van der Waals surface area contributed by atoms with Gasteiger partial charge in [0.15, 0.2) is 12.1 Å². The molecular weight excluding hydrogens is 444 g/mol. The standard InChI is InChI=1S/C24H42N2O8/c1-3-5-7-8-10-12-18-14-22(30)26-19(15-27)23(31)33-17(11-9-6-4-2)13-21(29)25-20(16-28)24(32)34-18/h17-20,27-28H,3-16H2,1-2H3,(H,25,29)(H,26,30)/t17-,18-,19+,20+/m1/s1. The number of aliphatic hydroxyl groups is 2. The van der Waals surface area contributed by atoms with Crippen molar-refractivity contribution in [1.82, 2.24) is 10.6 Å². The van der Waals surface area contributed by atoms with E-state index in [1.807, 2.05) is 6.92 Å². The first kappa shape index (κ1) is 29.8. The number of carbonyl (C=O) groups is 4. The molecule has 1 heterocycles. The number of ether oxygens (including phenoxy) is 2. The third-order valence-corrected chi connectivity index (χ3v) is 5.76. The van der Waals surface area contributed by atoms with E-state index in [1.54, 1.807) is 0 Å². The van der Waals surface area contributed by atoms with E-state index >= 15 is 0 Å².